The van der Waals surface area contributed by atoms with E-state index in [4.69, 9.17) is 5.73 Å². The lowest BCUT2D eigenvalue weighted by Crippen LogP contribution is -2.37. The van der Waals surface area contributed by atoms with Gasteiger partial charge in [0.25, 0.3) is 0 Å². The second-order valence-electron chi connectivity index (χ2n) is 3.33. The Morgan fingerprint density at radius 2 is 1.86 bits per heavy atom. The Kier molecular flexibility index (Phi) is 5.15. The van der Waals surface area contributed by atoms with Crippen LogP contribution in [0.4, 0.5) is 0 Å². The molecule has 5 heteroatoms. The molecule has 0 aromatic heterocycles. The third-order valence-electron chi connectivity index (χ3n) is 2.24. The predicted octanol–water partition coefficient (Wildman–Crippen LogP) is 0.0776. The van der Waals surface area contributed by atoms with Gasteiger partial charge in [-0.25, -0.2) is 0 Å². The van der Waals surface area contributed by atoms with Crippen LogP contribution in [0.5, 0.6) is 0 Å². The lowest BCUT2D eigenvalue weighted by atomic mass is 9.85. The van der Waals surface area contributed by atoms with Crippen molar-refractivity contribution >= 4 is 11.9 Å². The average molecular weight is 203 g/mol. The molecule has 14 heavy (non-hydrogen) atoms. The molecule has 0 heterocycles. The second kappa shape index (κ2) is 5.59. The SMILES string of the molecule is COC(=O)CCC(C)(CN)C(=O)OC. The van der Waals surface area contributed by atoms with Crippen molar-refractivity contribution in [2.24, 2.45) is 11.1 Å². The van der Waals surface area contributed by atoms with E-state index in [2.05, 4.69) is 9.47 Å². The molecule has 0 aliphatic rings. The lowest BCUT2D eigenvalue weighted by Gasteiger charge is -2.23. The first-order valence-corrected chi connectivity index (χ1v) is 4.35. The van der Waals surface area contributed by atoms with Crippen molar-refractivity contribution < 1.29 is 19.1 Å². The van der Waals surface area contributed by atoms with Crippen LogP contribution in [0.3, 0.4) is 0 Å². The summed E-state index contributed by atoms with van der Waals surface area (Å²) < 4.78 is 9.07. The number of carbonyl (C=O) groups is 2. The maximum absolute atomic E-state index is 11.3. The molecule has 0 aliphatic carbocycles. The van der Waals surface area contributed by atoms with Crippen LogP contribution >= 0.6 is 0 Å². The number of carbonyl (C=O) groups excluding carboxylic acids is 2. The first-order chi connectivity index (χ1) is 6.50. The Balaban J connectivity index is 4.26. The van der Waals surface area contributed by atoms with E-state index >= 15 is 0 Å². The summed E-state index contributed by atoms with van der Waals surface area (Å²) in [6.45, 7) is 1.82. The molecule has 0 aromatic rings. The number of ether oxygens (including phenoxy) is 2. The molecule has 5 nitrogen and oxygen atoms in total. The monoisotopic (exact) mass is 203 g/mol. The normalized spacial score (nSPS) is 14.3. The smallest absolute Gasteiger partial charge is 0.312 e. The summed E-state index contributed by atoms with van der Waals surface area (Å²) in [7, 11) is 2.61. The van der Waals surface area contributed by atoms with Crippen LogP contribution in [-0.2, 0) is 19.1 Å². The van der Waals surface area contributed by atoms with Gasteiger partial charge in [0, 0.05) is 13.0 Å². The summed E-state index contributed by atoms with van der Waals surface area (Å²) in [4.78, 5) is 22.2. The van der Waals surface area contributed by atoms with E-state index in [9.17, 15) is 9.59 Å². The summed E-state index contributed by atoms with van der Waals surface area (Å²) in [6, 6.07) is 0. The van der Waals surface area contributed by atoms with Crippen LogP contribution in [0.15, 0.2) is 0 Å². The minimum atomic E-state index is -0.803. The van der Waals surface area contributed by atoms with E-state index in [-0.39, 0.29) is 18.9 Å². The quantitative estimate of drug-likeness (QED) is 0.640. The molecule has 0 saturated carbocycles. The molecule has 0 bridgehead atoms. The van der Waals surface area contributed by atoms with E-state index < -0.39 is 11.4 Å². The number of methoxy groups -OCH3 is 2. The number of hydrogen-bond donors (Lipinski definition) is 1. The van der Waals surface area contributed by atoms with Crippen molar-refractivity contribution in [2.75, 3.05) is 20.8 Å². The van der Waals surface area contributed by atoms with Crippen molar-refractivity contribution in [3.8, 4) is 0 Å². The van der Waals surface area contributed by atoms with Gasteiger partial charge in [-0.3, -0.25) is 9.59 Å². The Bertz CT molecular complexity index is 217. The zero-order valence-electron chi connectivity index (χ0n) is 8.83. The molecule has 0 aliphatic heterocycles. The molecule has 2 N–H and O–H groups in total. The topological polar surface area (TPSA) is 78.6 Å². The van der Waals surface area contributed by atoms with Gasteiger partial charge < -0.3 is 15.2 Å². The first kappa shape index (κ1) is 12.9. The molecule has 0 radical (unpaired) electrons. The maximum Gasteiger partial charge on any atom is 0.312 e. The highest BCUT2D eigenvalue weighted by atomic mass is 16.5. The molecule has 0 fully saturated rings. The molecule has 0 amide bonds. The summed E-state index contributed by atoms with van der Waals surface area (Å²) in [6.07, 6.45) is 0.502. The Labute approximate surface area is 83.5 Å². The summed E-state index contributed by atoms with van der Waals surface area (Å²) in [5.74, 6) is -0.752. The number of rotatable bonds is 5. The van der Waals surface area contributed by atoms with E-state index in [0.717, 1.165) is 0 Å². The van der Waals surface area contributed by atoms with Gasteiger partial charge in [0.2, 0.25) is 0 Å². The molecular weight excluding hydrogens is 186 g/mol. The fourth-order valence-electron chi connectivity index (χ4n) is 1.01. The summed E-state index contributed by atoms with van der Waals surface area (Å²) in [5, 5.41) is 0. The Morgan fingerprint density at radius 3 is 2.21 bits per heavy atom. The van der Waals surface area contributed by atoms with Gasteiger partial charge in [-0.1, -0.05) is 0 Å². The van der Waals surface area contributed by atoms with Crippen molar-refractivity contribution in [3.05, 3.63) is 0 Å². The van der Waals surface area contributed by atoms with Crippen LogP contribution in [-0.4, -0.2) is 32.7 Å². The maximum atomic E-state index is 11.3. The van der Waals surface area contributed by atoms with Crippen molar-refractivity contribution in [2.45, 2.75) is 19.8 Å². The molecule has 82 valence electrons. The van der Waals surface area contributed by atoms with Crippen LogP contribution in [0.25, 0.3) is 0 Å². The van der Waals surface area contributed by atoms with E-state index in [1.807, 2.05) is 0 Å². The fourth-order valence-corrected chi connectivity index (χ4v) is 1.01. The Hall–Kier alpha value is -1.10. The third kappa shape index (κ3) is 3.33. The van der Waals surface area contributed by atoms with Gasteiger partial charge in [-0.05, 0) is 13.3 Å². The van der Waals surface area contributed by atoms with Gasteiger partial charge in [0.15, 0.2) is 0 Å². The van der Waals surface area contributed by atoms with E-state index in [1.54, 1.807) is 6.92 Å². The third-order valence-corrected chi connectivity index (χ3v) is 2.24. The van der Waals surface area contributed by atoms with Crippen molar-refractivity contribution in [1.29, 1.82) is 0 Å². The molecule has 0 rings (SSSR count). The van der Waals surface area contributed by atoms with Gasteiger partial charge in [0.1, 0.15) is 0 Å². The summed E-state index contributed by atoms with van der Waals surface area (Å²) >= 11 is 0. The highest BCUT2D eigenvalue weighted by molar-refractivity contribution is 5.78. The van der Waals surface area contributed by atoms with E-state index in [1.165, 1.54) is 14.2 Å². The number of hydrogen-bond acceptors (Lipinski definition) is 5. The van der Waals surface area contributed by atoms with Crippen LogP contribution in [0.1, 0.15) is 19.8 Å². The first-order valence-electron chi connectivity index (χ1n) is 4.35. The second-order valence-corrected chi connectivity index (χ2v) is 3.33. The molecular formula is C9H17NO4. The van der Waals surface area contributed by atoms with Gasteiger partial charge in [-0.2, -0.15) is 0 Å². The minimum absolute atomic E-state index is 0.149. The molecule has 0 aromatic carbocycles. The van der Waals surface area contributed by atoms with Gasteiger partial charge >= 0.3 is 11.9 Å². The average Bonchev–Trinajstić information content (AvgIpc) is 2.23. The molecule has 0 saturated heterocycles. The van der Waals surface area contributed by atoms with Crippen LogP contribution in [0, 0.1) is 5.41 Å². The van der Waals surface area contributed by atoms with Crippen molar-refractivity contribution in [1.82, 2.24) is 0 Å². The van der Waals surface area contributed by atoms with Crippen molar-refractivity contribution in [3.63, 3.8) is 0 Å². The largest absolute Gasteiger partial charge is 0.469 e. The molecule has 1 unspecified atom stereocenters. The number of nitrogens with two attached hydrogens (primary N) is 1. The Morgan fingerprint density at radius 1 is 1.29 bits per heavy atom. The minimum Gasteiger partial charge on any atom is -0.469 e. The van der Waals surface area contributed by atoms with Crippen LogP contribution in [0.2, 0.25) is 0 Å². The fraction of sp³-hybridized carbons (Fsp3) is 0.778. The standard InChI is InChI=1S/C9H17NO4/c1-9(6-10,8(12)14-3)5-4-7(11)13-2/h4-6,10H2,1-3H3. The lowest BCUT2D eigenvalue weighted by molar-refractivity contribution is -0.152. The van der Waals surface area contributed by atoms with Gasteiger partial charge in [-0.15, -0.1) is 0 Å². The number of esters is 2. The highest BCUT2D eigenvalue weighted by Gasteiger charge is 2.33. The van der Waals surface area contributed by atoms with Gasteiger partial charge in [0.05, 0.1) is 19.6 Å². The molecule has 1 atom stereocenters. The zero-order valence-corrected chi connectivity index (χ0v) is 8.83. The van der Waals surface area contributed by atoms with Crippen LogP contribution < -0.4 is 5.73 Å². The molecule has 0 spiro atoms. The van der Waals surface area contributed by atoms with E-state index in [0.29, 0.717) is 6.42 Å². The summed E-state index contributed by atoms with van der Waals surface area (Å²) in [5.41, 5.74) is 4.66. The zero-order chi connectivity index (χ0) is 11.2. The predicted molar refractivity (Wildman–Crippen MR) is 50.4 cm³/mol. The highest BCUT2D eigenvalue weighted by Crippen LogP contribution is 2.23.